The van der Waals surface area contributed by atoms with Gasteiger partial charge < -0.3 is 21.5 Å². The first-order valence-electron chi connectivity index (χ1n) is 7.73. The molecule has 1 heterocycles. The molecule has 9 nitrogen and oxygen atoms in total. The van der Waals surface area contributed by atoms with Crippen LogP contribution in [0.25, 0.3) is 0 Å². The number of hydrogen-bond donors (Lipinski definition) is 3. The number of carbonyl (C=O) groups excluding carboxylic acids is 3. The fourth-order valence-electron chi connectivity index (χ4n) is 2.15. The van der Waals surface area contributed by atoms with Gasteiger partial charge in [0.05, 0.1) is 12.3 Å². The Balaban J connectivity index is 2.31. The molecule has 0 atom stereocenters. The first-order valence-corrected chi connectivity index (χ1v) is 8.50. The number of halogens is 1. The molecule has 2 rings (SSSR count). The number of benzene rings is 1. The van der Waals surface area contributed by atoms with E-state index in [4.69, 9.17) is 16.2 Å². The van der Waals surface area contributed by atoms with E-state index in [0.29, 0.717) is 18.1 Å². The van der Waals surface area contributed by atoms with Crippen molar-refractivity contribution in [2.75, 3.05) is 37.4 Å². The number of nitrogens with two attached hydrogens (primary N) is 2. The number of nitrogen functional groups attached to an aromatic ring is 1. The lowest BCUT2D eigenvalue weighted by Gasteiger charge is -2.22. The average Bonchev–Trinajstić information content (AvgIpc) is 3.02. The van der Waals surface area contributed by atoms with Gasteiger partial charge in [0, 0.05) is 19.3 Å². The first-order chi connectivity index (χ1) is 12.8. The van der Waals surface area contributed by atoms with Crippen molar-refractivity contribution in [1.82, 2.24) is 9.69 Å². The maximum Gasteiger partial charge on any atom is 0.272 e. The van der Waals surface area contributed by atoms with Crippen molar-refractivity contribution in [2.45, 2.75) is 0 Å². The van der Waals surface area contributed by atoms with Crippen LogP contribution >= 0.6 is 11.5 Å². The number of methoxy groups -OCH3 is 1. The molecule has 0 aliphatic rings. The lowest BCUT2D eigenvalue weighted by Crippen LogP contribution is -2.41. The molecule has 5 N–H and O–H groups in total. The SMILES string of the molecule is COCCNC(=O)CN(C(=O)c1snc(C(N)=O)c1N)c1ccc(F)cc1. The fraction of sp³-hybridized carbons (Fsp3) is 0.250. The summed E-state index contributed by atoms with van der Waals surface area (Å²) in [5, 5.41) is 2.59. The van der Waals surface area contributed by atoms with Crippen molar-refractivity contribution in [3.63, 3.8) is 0 Å². The number of aromatic nitrogens is 1. The third kappa shape index (κ3) is 4.99. The van der Waals surface area contributed by atoms with Crippen molar-refractivity contribution < 1.29 is 23.5 Å². The Morgan fingerprint density at radius 3 is 2.52 bits per heavy atom. The molecule has 0 bridgehead atoms. The van der Waals surface area contributed by atoms with Crippen molar-refractivity contribution in [3.8, 4) is 0 Å². The number of rotatable bonds is 8. The van der Waals surface area contributed by atoms with Crippen LogP contribution < -0.4 is 21.7 Å². The van der Waals surface area contributed by atoms with Crippen LogP contribution in [0, 0.1) is 5.82 Å². The summed E-state index contributed by atoms with van der Waals surface area (Å²) in [5.74, 6) is -2.48. The summed E-state index contributed by atoms with van der Waals surface area (Å²) in [5.41, 5.74) is 10.9. The van der Waals surface area contributed by atoms with Crippen LogP contribution in [0.4, 0.5) is 15.8 Å². The molecule has 0 fully saturated rings. The van der Waals surface area contributed by atoms with Gasteiger partial charge in [0.2, 0.25) is 5.91 Å². The molecule has 1 aromatic heterocycles. The Hall–Kier alpha value is -3.05. The second-order valence-corrected chi connectivity index (χ2v) is 6.12. The minimum Gasteiger partial charge on any atom is -0.395 e. The van der Waals surface area contributed by atoms with E-state index in [0.717, 1.165) is 17.0 Å². The third-order valence-corrected chi connectivity index (χ3v) is 4.32. The summed E-state index contributed by atoms with van der Waals surface area (Å²) in [6.07, 6.45) is 0. The molecule has 1 aromatic carbocycles. The molecule has 0 aliphatic carbocycles. The summed E-state index contributed by atoms with van der Waals surface area (Å²) in [6, 6.07) is 5.01. The molecule has 0 saturated carbocycles. The monoisotopic (exact) mass is 395 g/mol. The van der Waals surface area contributed by atoms with E-state index in [-0.39, 0.29) is 35.0 Å². The zero-order valence-corrected chi connectivity index (χ0v) is 15.2. The zero-order chi connectivity index (χ0) is 20.0. The lowest BCUT2D eigenvalue weighted by atomic mass is 10.2. The van der Waals surface area contributed by atoms with Gasteiger partial charge in [-0.3, -0.25) is 19.3 Å². The highest BCUT2D eigenvalue weighted by molar-refractivity contribution is 7.09. The Morgan fingerprint density at radius 1 is 1.30 bits per heavy atom. The predicted octanol–water partition coefficient (Wildman–Crippen LogP) is 0.373. The number of ether oxygens (including phenoxy) is 1. The molecule has 2 aromatic rings. The number of primary amides is 1. The molecule has 0 unspecified atom stereocenters. The number of nitrogens with one attached hydrogen (secondary N) is 1. The Kier molecular flexibility index (Phi) is 6.79. The van der Waals surface area contributed by atoms with E-state index in [1.165, 1.54) is 19.2 Å². The van der Waals surface area contributed by atoms with Gasteiger partial charge in [-0.25, -0.2) is 4.39 Å². The molecule has 11 heteroatoms. The minimum atomic E-state index is -0.867. The van der Waals surface area contributed by atoms with Crippen LogP contribution in [-0.4, -0.2) is 48.9 Å². The van der Waals surface area contributed by atoms with Crippen LogP contribution in [-0.2, 0) is 9.53 Å². The minimum absolute atomic E-state index is 0.0437. The van der Waals surface area contributed by atoms with E-state index in [2.05, 4.69) is 9.69 Å². The van der Waals surface area contributed by atoms with E-state index >= 15 is 0 Å². The summed E-state index contributed by atoms with van der Waals surface area (Å²) < 4.78 is 21.9. The lowest BCUT2D eigenvalue weighted by molar-refractivity contribution is -0.119. The molecule has 0 radical (unpaired) electrons. The van der Waals surface area contributed by atoms with Gasteiger partial charge in [-0.15, -0.1) is 0 Å². The van der Waals surface area contributed by atoms with E-state index in [9.17, 15) is 18.8 Å². The Morgan fingerprint density at radius 2 is 1.96 bits per heavy atom. The van der Waals surface area contributed by atoms with Crippen molar-refractivity contribution >= 4 is 40.6 Å². The Labute approximate surface area is 158 Å². The highest BCUT2D eigenvalue weighted by Gasteiger charge is 2.27. The summed E-state index contributed by atoms with van der Waals surface area (Å²) in [7, 11) is 1.49. The largest absolute Gasteiger partial charge is 0.395 e. The summed E-state index contributed by atoms with van der Waals surface area (Å²) in [6.45, 7) is 0.215. The van der Waals surface area contributed by atoms with E-state index in [1.54, 1.807) is 0 Å². The molecule has 0 spiro atoms. The molecule has 144 valence electrons. The average molecular weight is 395 g/mol. The smallest absolute Gasteiger partial charge is 0.272 e. The third-order valence-electron chi connectivity index (χ3n) is 3.47. The zero-order valence-electron chi connectivity index (χ0n) is 14.4. The van der Waals surface area contributed by atoms with Gasteiger partial charge in [0.15, 0.2) is 5.69 Å². The van der Waals surface area contributed by atoms with Crippen LogP contribution in [0.2, 0.25) is 0 Å². The van der Waals surface area contributed by atoms with Crippen molar-refractivity contribution in [3.05, 3.63) is 40.7 Å². The number of amides is 3. The molecule has 0 aliphatic heterocycles. The van der Waals surface area contributed by atoms with Crippen LogP contribution in [0.1, 0.15) is 20.2 Å². The number of nitrogens with zero attached hydrogens (tertiary/aromatic N) is 2. The maximum absolute atomic E-state index is 13.2. The van der Waals surface area contributed by atoms with Gasteiger partial charge in [-0.2, -0.15) is 4.37 Å². The Bertz CT molecular complexity index is 840. The number of hydrogen-bond acceptors (Lipinski definition) is 7. The van der Waals surface area contributed by atoms with Gasteiger partial charge >= 0.3 is 0 Å². The molecule has 0 saturated heterocycles. The van der Waals surface area contributed by atoms with E-state index in [1.807, 2.05) is 0 Å². The second kappa shape index (κ2) is 9.05. The highest BCUT2D eigenvalue weighted by atomic mass is 32.1. The second-order valence-electron chi connectivity index (χ2n) is 5.35. The first kappa shape index (κ1) is 20.3. The molecule has 3 amide bonds. The van der Waals surface area contributed by atoms with Crippen molar-refractivity contribution in [2.24, 2.45) is 5.73 Å². The van der Waals surface area contributed by atoms with Crippen LogP contribution in [0.15, 0.2) is 24.3 Å². The normalized spacial score (nSPS) is 10.4. The number of carbonyl (C=O) groups is 3. The standard InChI is InChI=1S/C16H18FN5O4S/c1-26-7-6-20-11(23)8-22(10-4-2-9(17)3-5-10)16(25)14-12(18)13(15(19)24)21-27-14/h2-5H,6-8,18H2,1H3,(H2,19,24)(H,20,23). The van der Waals surface area contributed by atoms with Gasteiger partial charge in [-0.1, -0.05) is 0 Å². The van der Waals surface area contributed by atoms with Crippen LogP contribution in [0.5, 0.6) is 0 Å². The van der Waals surface area contributed by atoms with E-state index < -0.39 is 23.5 Å². The quantitative estimate of drug-likeness (QED) is 0.552. The van der Waals surface area contributed by atoms with Crippen molar-refractivity contribution in [1.29, 1.82) is 0 Å². The molecule has 27 heavy (non-hydrogen) atoms. The van der Waals surface area contributed by atoms with Gasteiger partial charge in [-0.05, 0) is 35.8 Å². The predicted molar refractivity (Wildman–Crippen MR) is 98.0 cm³/mol. The fourth-order valence-corrected chi connectivity index (χ4v) is 2.90. The highest BCUT2D eigenvalue weighted by Crippen LogP contribution is 2.26. The maximum atomic E-state index is 13.2. The summed E-state index contributed by atoms with van der Waals surface area (Å²) >= 11 is 0.694. The van der Waals surface area contributed by atoms with Gasteiger partial charge in [0.1, 0.15) is 17.2 Å². The van der Waals surface area contributed by atoms with Crippen LogP contribution in [0.3, 0.4) is 0 Å². The topological polar surface area (TPSA) is 141 Å². The molecular formula is C16H18FN5O4S. The number of anilines is 2. The summed E-state index contributed by atoms with van der Waals surface area (Å²) in [4.78, 5) is 37.4. The molecular weight excluding hydrogens is 377 g/mol. The van der Waals surface area contributed by atoms with Gasteiger partial charge in [0.25, 0.3) is 11.8 Å².